The first kappa shape index (κ1) is 14.4. The van der Waals surface area contributed by atoms with E-state index in [2.05, 4.69) is 21.2 Å². The first-order valence-electron chi connectivity index (χ1n) is 5.59. The molecule has 1 N–H and O–H groups in total. The van der Waals surface area contributed by atoms with Crippen LogP contribution in [0.15, 0.2) is 22.7 Å². The third-order valence-electron chi connectivity index (χ3n) is 2.10. The van der Waals surface area contributed by atoms with E-state index >= 15 is 0 Å². The number of hydrogen-bond acceptors (Lipinski definition) is 3. The highest BCUT2D eigenvalue weighted by Gasteiger charge is 2.08. The van der Waals surface area contributed by atoms with Crippen molar-refractivity contribution < 1.29 is 13.9 Å². The van der Waals surface area contributed by atoms with Gasteiger partial charge in [0, 0.05) is 18.9 Å². The Kier molecular flexibility index (Phi) is 6.47. The van der Waals surface area contributed by atoms with Crippen LogP contribution in [0.2, 0.25) is 0 Å². The van der Waals surface area contributed by atoms with Gasteiger partial charge in [-0.3, -0.25) is 0 Å². The predicted molar refractivity (Wildman–Crippen MR) is 69.6 cm³/mol. The van der Waals surface area contributed by atoms with Gasteiger partial charge in [0.1, 0.15) is 5.82 Å². The molecule has 0 atom stereocenters. The average Bonchev–Trinajstić information content (AvgIpc) is 2.31. The van der Waals surface area contributed by atoms with Crippen LogP contribution in [0, 0.1) is 5.82 Å². The summed E-state index contributed by atoms with van der Waals surface area (Å²) >= 11 is 3.11. The highest BCUT2D eigenvalue weighted by Crippen LogP contribution is 2.19. The van der Waals surface area contributed by atoms with Crippen LogP contribution in [0.4, 0.5) is 10.1 Å². The molecule has 17 heavy (non-hydrogen) atoms. The second-order valence-electron chi connectivity index (χ2n) is 3.35. The summed E-state index contributed by atoms with van der Waals surface area (Å²) in [6, 6.07) is 4.88. The summed E-state index contributed by atoms with van der Waals surface area (Å²) < 4.78 is 24.4. The van der Waals surface area contributed by atoms with Crippen molar-refractivity contribution in [3.63, 3.8) is 0 Å². The van der Waals surface area contributed by atoms with E-state index in [1.54, 1.807) is 12.1 Å². The Morgan fingerprint density at radius 1 is 1.29 bits per heavy atom. The van der Waals surface area contributed by atoms with Crippen molar-refractivity contribution in [1.82, 2.24) is 0 Å². The molecule has 0 fully saturated rings. The molecule has 96 valence electrons. The van der Waals surface area contributed by atoms with E-state index in [-0.39, 0.29) is 12.1 Å². The van der Waals surface area contributed by atoms with Crippen LogP contribution in [-0.4, -0.2) is 26.0 Å². The van der Waals surface area contributed by atoms with Gasteiger partial charge < -0.3 is 14.8 Å². The lowest BCUT2D eigenvalue weighted by molar-refractivity contribution is -0.126. The molecule has 0 unspecified atom stereocenters. The zero-order valence-corrected chi connectivity index (χ0v) is 11.6. The van der Waals surface area contributed by atoms with Crippen molar-refractivity contribution in [2.24, 2.45) is 0 Å². The number of halogens is 2. The minimum atomic E-state index is -0.309. The molecule has 5 heteroatoms. The molecule has 0 amide bonds. The van der Waals surface area contributed by atoms with Gasteiger partial charge in [-0.05, 0) is 48.0 Å². The lowest BCUT2D eigenvalue weighted by atomic mass is 10.3. The van der Waals surface area contributed by atoms with Gasteiger partial charge in [0.2, 0.25) is 0 Å². The number of rotatable bonds is 7. The van der Waals surface area contributed by atoms with Crippen LogP contribution in [-0.2, 0) is 9.47 Å². The summed E-state index contributed by atoms with van der Waals surface area (Å²) in [7, 11) is 0. The van der Waals surface area contributed by atoms with Crippen molar-refractivity contribution >= 4 is 21.6 Å². The fourth-order valence-electron chi connectivity index (χ4n) is 1.35. The first-order chi connectivity index (χ1) is 8.17. The second-order valence-corrected chi connectivity index (χ2v) is 4.20. The maximum absolute atomic E-state index is 13.3. The number of hydrogen-bond donors (Lipinski definition) is 1. The molecule has 0 spiro atoms. The Morgan fingerprint density at radius 2 is 1.94 bits per heavy atom. The van der Waals surface area contributed by atoms with Crippen LogP contribution in [0.1, 0.15) is 13.8 Å². The molecule has 0 aliphatic carbocycles. The van der Waals surface area contributed by atoms with Crippen LogP contribution in [0.5, 0.6) is 0 Å². The molecule has 0 aromatic heterocycles. The van der Waals surface area contributed by atoms with Gasteiger partial charge in [-0.2, -0.15) is 0 Å². The molecule has 0 heterocycles. The zero-order chi connectivity index (χ0) is 12.7. The molecule has 1 rings (SSSR count). The summed E-state index contributed by atoms with van der Waals surface area (Å²) in [5, 5.41) is 3.07. The van der Waals surface area contributed by atoms with E-state index in [0.29, 0.717) is 29.9 Å². The van der Waals surface area contributed by atoms with E-state index < -0.39 is 0 Å². The van der Waals surface area contributed by atoms with Gasteiger partial charge in [-0.1, -0.05) is 0 Å². The smallest absolute Gasteiger partial charge is 0.174 e. The Hall–Kier alpha value is -0.650. The van der Waals surface area contributed by atoms with Crippen LogP contribution in [0.25, 0.3) is 0 Å². The standard InChI is InChI=1S/C12H17BrFNO2/c1-3-16-12(17-4-2)8-15-9-5-6-10(13)11(14)7-9/h5-7,12,15H,3-4,8H2,1-2H3. The number of ether oxygens (including phenoxy) is 2. The molecule has 0 aliphatic rings. The molecule has 3 nitrogen and oxygen atoms in total. The molecular formula is C12H17BrFNO2. The largest absolute Gasteiger partial charge is 0.380 e. The van der Waals surface area contributed by atoms with Crippen molar-refractivity contribution in [3.8, 4) is 0 Å². The average molecular weight is 306 g/mol. The highest BCUT2D eigenvalue weighted by molar-refractivity contribution is 9.10. The number of nitrogens with one attached hydrogen (secondary N) is 1. The Balaban J connectivity index is 2.49. The first-order valence-corrected chi connectivity index (χ1v) is 6.38. The van der Waals surface area contributed by atoms with Crippen molar-refractivity contribution in [2.75, 3.05) is 25.1 Å². The van der Waals surface area contributed by atoms with E-state index in [9.17, 15) is 4.39 Å². The van der Waals surface area contributed by atoms with Crippen molar-refractivity contribution in [3.05, 3.63) is 28.5 Å². The third-order valence-corrected chi connectivity index (χ3v) is 2.74. The zero-order valence-electron chi connectivity index (χ0n) is 10.0. The molecule has 1 aromatic carbocycles. The minimum absolute atomic E-state index is 0.292. The van der Waals surface area contributed by atoms with Gasteiger partial charge in [-0.25, -0.2) is 4.39 Å². The fourth-order valence-corrected chi connectivity index (χ4v) is 1.59. The topological polar surface area (TPSA) is 30.5 Å². The van der Waals surface area contributed by atoms with Crippen LogP contribution >= 0.6 is 15.9 Å². The normalized spacial score (nSPS) is 10.9. The van der Waals surface area contributed by atoms with Crippen LogP contribution < -0.4 is 5.32 Å². The molecule has 0 saturated heterocycles. The lowest BCUT2D eigenvalue weighted by Crippen LogP contribution is -2.26. The summed E-state index contributed by atoms with van der Waals surface area (Å²) in [5.74, 6) is -0.292. The number of anilines is 1. The quantitative estimate of drug-likeness (QED) is 0.783. The minimum Gasteiger partial charge on any atom is -0.380 e. The third kappa shape index (κ3) is 5.02. The van der Waals surface area contributed by atoms with Crippen molar-refractivity contribution in [1.29, 1.82) is 0 Å². The lowest BCUT2D eigenvalue weighted by Gasteiger charge is -2.18. The summed E-state index contributed by atoms with van der Waals surface area (Å²) in [4.78, 5) is 0. The predicted octanol–water partition coefficient (Wildman–Crippen LogP) is 3.40. The van der Waals surface area contributed by atoms with E-state index in [1.807, 2.05) is 13.8 Å². The monoisotopic (exact) mass is 305 g/mol. The highest BCUT2D eigenvalue weighted by atomic mass is 79.9. The molecular weight excluding hydrogens is 289 g/mol. The maximum Gasteiger partial charge on any atom is 0.174 e. The molecule has 1 aromatic rings. The molecule has 0 radical (unpaired) electrons. The Bertz CT molecular complexity index is 343. The second kappa shape index (κ2) is 7.63. The van der Waals surface area contributed by atoms with Gasteiger partial charge in [0.25, 0.3) is 0 Å². The molecule has 0 aliphatic heterocycles. The summed E-state index contributed by atoms with van der Waals surface area (Å²) in [6.07, 6.45) is -0.309. The summed E-state index contributed by atoms with van der Waals surface area (Å²) in [5.41, 5.74) is 0.704. The van der Waals surface area contributed by atoms with Gasteiger partial charge in [0.05, 0.1) is 11.0 Å². The SMILES string of the molecule is CCOC(CNc1ccc(Br)c(F)c1)OCC. The molecule has 0 saturated carbocycles. The molecule has 0 bridgehead atoms. The number of benzene rings is 1. The van der Waals surface area contributed by atoms with Gasteiger partial charge >= 0.3 is 0 Å². The summed E-state index contributed by atoms with van der Waals surface area (Å²) in [6.45, 7) is 5.47. The van der Waals surface area contributed by atoms with E-state index in [0.717, 1.165) is 0 Å². The van der Waals surface area contributed by atoms with Gasteiger partial charge in [-0.15, -0.1) is 0 Å². The Morgan fingerprint density at radius 3 is 2.47 bits per heavy atom. The van der Waals surface area contributed by atoms with E-state index in [4.69, 9.17) is 9.47 Å². The van der Waals surface area contributed by atoms with Gasteiger partial charge in [0.15, 0.2) is 6.29 Å². The fraction of sp³-hybridized carbons (Fsp3) is 0.500. The van der Waals surface area contributed by atoms with Crippen molar-refractivity contribution in [2.45, 2.75) is 20.1 Å². The maximum atomic E-state index is 13.3. The van der Waals surface area contributed by atoms with Crippen LogP contribution in [0.3, 0.4) is 0 Å². The van der Waals surface area contributed by atoms with E-state index in [1.165, 1.54) is 6.07 Å². The Labute approximate surface area is 109 Å².